The molecule has 0 radical (unpaired) electrons. The second-order valence-electron chi connectivity index (χ2n) is 10.4. The van der Waals surface area contributed by atoms with Crippen molar-refractivity contribution < 1.29 is 38.7 Å². The van der Waals surface area contributed by atoms with Gasteiger partial charge >= 0.3 is 0 Å². The van der Waals surface area contributed by atoms with Crippen LogP contribution in [-0.2, 0) is 11.2 Å². The number of aliphatic hydroxyl groups is 4. The number of hydrogen-bond acceptors (Lipinski definition) is 6. The molecule has 2 aromatic rings. The van der Waals surface area contributed by atoms with Gasteiger partial charge in [-0.15, -0.1) is 0 Å². The minimum atomic E-state index is -2.57. The Hall–Kier alpha value is -1.81. The SMILES string of the molecule is CC1(COc2ccc(Cc3cc(C4OC(CO)C(O)C(O)C4O)ccc3Cl)cc2)CCC(F)(F)CC1. The van der Waals surface area contributed by atoms with Crippen LogP contribution in [-0.4, -0.2) is 64.0 Å². The Morgan fingerprint density at radius 1 is 0.972 bits per heavy atom. The summed E-state index contributed by atoms with van der Waals surface area (Å²) in [5, 5.41) is 40.6. The maximum Gasteiger partial charge on any atom is 0.248 e. The van der Waals surface area contributed by atoms with E-state index in [2.05, 4.69) is 0 Å². The van der Waals surface area contributed by atoms with E-state index >= 15 is 0 Å². The average Bonchev–Trinajstić information content (AvgIpc) is 2.86. The van der Waals surface area contributed by atoms with Gasteiger partial charge in [0, 0.05) is 23.3 Å². The zero-order chi connectivity index (χ0) is 26.1. The van der Waals surface area contributed by atoms with Gasteiger partial charge in [-0.3, -0.25) is 0 Å². The Bertz CT molecular complexity index is 1020. The van der Waals surface area contributed by atoms with Gasteiger partial charge in [-0.25, -0.2) is 8.78 Å². The molecular weight excluding hydrogens is 494 g/mol. The van der Waals surface area contributed by atoms with E-state index in [4.69, 9.17) is 21.1 Å². The van der Waals surface area contributed by atoms with Crippen molar-refractivity contribution in [1.29, 1.82) is 0 Å². The first-order chi connectivity index (χ1) is 17.0. The fourth-order valence-electron chi connectivity index (χ4n) is 4.83. The van der Waals surface area contributed by atoms with Gasteiger partial charge in [0.1, 0.15) is 36.3 Å². The molecule has 198 valence electrons. The molecule has 0 bridgehead atoms. The van der Waals surface area contributed by atoms with Crippen molar-refractivity contribution in [3.63, 3.8) is 0 Å². The summed E-state index contributed by atoms with van der Waals surface area (Å²) in [5.74, 6) is -1.90. The van der Waals surface area contributed by atoms with E-state index in [9.17, 15) is 29.2 Å². The van der Waals surface area contributed by atoms with Crippen LogP contribution in [0.1, 0.15) is 55.4 Å². The van der Waals surface area contributed by atoms with E-state index in [0.29, 0.717) is 42.2 Å². The van der Waals surface area contributed by atoms with Crippen LogP contribution >= 0.6 is 11.6 Å². The minimum Gasteiger partial charge on any atom is -0.493 e. The summed E-state index contributed by atoms with van der Waals surface area (Å²) in [6.07, 6.45) is -5.04. The lowest BCUT2D eigenvalue weighted by Crippen LogP contribution is -2.55. The maximum absolute atomic E-state index is 13.5. The lowest BCUT2D eigenvalue weighted by molar-refractivity contribution is -0.231. The third kappa shape index (κ3) is 6.18. The van der Waals surface area contributed by atoms with Crippen LogP contribution in [0.2, 0.25) is 5.02 Å². The van der Waals surface area contributed by atoms with Gasteiger partial charge in [0.15, 0.2) is 0 Å². The zero-order valence-electron chi connectivity index (χ0n) is 20.1. The lowest BCUT2D eigenvalue weighted by Gasteiger charge is -2.40. The lowest BCUT2D eigenvalue weighted by atomic mass is 9.75. The van der Waals surface area contributed by atoms with Crippen molar-refractivity contribution in [3.8, 4) is 5.75 Å². The van der Waals surface area contributed by atoms with Crippen LogP contribution in [0.3, 0.4) is 0 Å². The van der Waals surface area contributed by atoms with E-state index in [1.54, 1.807) is 18.2 Å². The van der Waals surface area contributed by atoms with Gasteiger partial charge in [0.2, 0.25) is 5.92 Å². The standard InChI is InChI=1S/C27H33ClF2O6/c1-26(8-10-27(29,30)11-9-26)15-35-19-5-2-16(3-6-19)12-18-13-17(4-7-20(18)28)25-24(34)23(33)22(32)21(14-31)36-25/h2-7,13,21-25,31-34H,8-12,14-15H2,1H3. The summed E-state index contributed by atoms with van der Waals surface area (Å²) >= 11 is 6.42. The molecule has 2 aliphatic rings. The fourth-order valence-corrected chi connectivity index (χ4v) is 5.01. The first-order valence-electron chi connectivity index (χ1n) is 12.2. The summed E-state index contributed by atoms with van der Waals surface area (Å²) in [6, 6.07) is 12.6. The normalized spacial score (nSPS) is 29.6. The van der Waals surface area contributed by atoms with E-state index in [0.717, 1.165) is 11.1 Å². The molecule has 1 heterocycles. The second-order valence-corrected chi connectivity index (χ2v) is 10.8. The molecule has 2 fully saturated rings. The molecule has 1 aliphatic carbocycles. The van der Waals surface area contributed by atoms with Crippen molar-refractivity contribution in [2.45, 2.75) is 75.5 Å². The molecule has 4 N–H and O–H groups in total. The maximum atomic E-state index is 13.5. The largest absolute Gasteiger partial charge is 0.493 e. The van der Waals surface area contributed by atoms with Crippen LogP contribution in [0.15, 0.2) is 42.5 Å². The highest BCUT2D eigenvalue weighted by Gasteiger charge is 2.44. The molecular formula is C27H33ClF2O6. The van der Waals surface area contributed by atoms with Gasteiger partial charge in [-0.05, 0) is 54.2 Å². The number of alkyl halides is 2. The fraction of sp³-hybridized carbons (Fsp3) is 0.556. The summed E-state index contributed by atoms with van der Waals surface area (Å²) in [4.78, 5) is 0. The van der Waals surface area contributed by atoms with Gasteiger partial charge in [0.25, 0.3) is 0 Å². The molecule has 9 heteroatoms. The first kappa shape index (κ1) is 27.2. The quantitative estimate of drug-likeness (QED) is 0.434. The predicted molar refractivity (Wildman–Crippen MR) is 130 cm³/mol. The summed E-state index contributed by atoms with van der Waals surface area (Å²) in [5.41, 5.74) is 2.03. The van der Waals surface area contributed by atoms with Crippen molar-refractivity contribution in [2.24, 2.45) is 5.41 Å². The van der Waals surface area contributed by atoms with E-state index in [1.165, 1.54) is 0 Å². The molecule has 1 aliphatic heterocycles. The first-order valence-corrected chi connectivity index (χ1v) is 12.6. The molecule has 1 saturated carbocycles. The van der Waals surface area contributed by atoms with Crippen molar-refractivity contribution in [1.82, 2.24) is 0 Å². The molecule has 0 aromatic heterocycles. The zero-order valence-corrected chi connectivity index (χ0v) is 20.9. The van der Waals surface area contributed by atoms with E-state index < -0.39 is 43.0 Å². The van der Waals surface area contributed by atoms with Gasteiger partial charge < -0.3 is 29.9 Å². The molecule has 0 spiro atoms. The summed E-state index contributed by atoms with van der Waals surface area (Å²) in [7, 11) is 0. The number of aliphatic hydroxyl groups excluding tert-OH is 4. The van der Waals surface area contributed by atoms with Gasteiger partial charge in [-0.2, -0.15) is 0 Å². The molecule has 36 heavy (non-hydrogen) atoms. The number of hydrogen-bond donors (Lipinski definition) is 4. The van der Waals surface area contributed by atoms with Crippen LogP contribution in [0.4, 0.5) is 8.78 Å². The highest BCUT2D eigenvalue weighted by Crippen LogP contribution is 2.43. The molecule has 5 atom stereocenters. The topological polar surface area (TPSA) is 99.4 Å². The Morgan fingerprint density at radius 2 is 1.64 bits per heavy atom. The molecule has 2 aromatic carbocycles. The monoisotopic (exact) mass is 526 g/mol. The Labute approximate surface area is 214 Å². The van der Waals surface area contributed by atoms with Gasteiger partial charge in [0.05, 0.1) is 13.2 Å². The van der Waals surface area contributed by atoms with Crippen LogP contribution in [0.25, 0.3) is 0 Å². The number of ether oxygens (including phenoxy) is 2. The van der Waals surface area contributed by atoms with Crippen molar-refractivity contribution >= 4 is 11.6 Å². The molecule has 5 unspecified atom stereocenters. The summed E-state index contributed by atoms with van der Waals surface area (Å²) in [6.45, 7) is 1.87. The number of halogens is 3. The Balaban J connectivity index is 1.41. The summed E-state index contributed by atoms with van der Waals surface area (Å²) < 4.78 is 38.5. The molecule has 1 saturated heterocycles. The van der Waals surface area contributed by atoms with Crippen LogP contribution in [0.5, 0.6) is 5.75 Å². The minimum absolute atomic E-state index is 0.102. The van der Waals surface area contributed by atoms with Crippen molar-refractivity contribution in [3.05, 3.63) is 64.2 Å². The number of rotatable bonds is 7. The third-order valence-corrected chi connectivity index (χ3v) is 7.75. The molecule has 4 rings (SSSR count). The average molecular weight is 527 g/mol. The highest BCUT2D eigenvalue weighted by molar-refractivity contribution is 6.31. The number of benzene rings is 2. The third-order valence-electron chi connectivity index (χ3n) is 7.38. The van der Waals surface area contributed by atoms with Gasteiger partial charge in [-0.1, -0.05) is 42.8 Å². The predicted octanol–water partition coefficient (Wildman–Crippen LogP) is 4.04. The van der Waals surface area contributed by atoms with Crippen LogP contribution in [0, 0.1) is 5.41 Å². The molecule has 0 amide bonds. The molecule has 6 nitrogen and oxygen atoms in total. The highest BCUT2D eigenvalue weighted by atomic mass is 35.5. The van der Waals surface area contributed by atoms with E-state index in [1.807, 2.05) is 31.2 Å². The van der Waals surface area contributed by atoms with Crippen LogP contribution < -0.4 is 4.74 Å². The van der Waals surface area contributed by atoms with Crippen molar-refractivity contribution in [2.75, 3.05) is 13.2 Å². The van der Waals surface area contributed by atoms with E-state index in [-0.39, 0.29) is 18.3 Å². The smallest absolute Gasteiger partial charge is 0.248 e. The Kier molecular flexibility index (Phi) is 8.24. The Morgan fingerprint density at radius 3 is 2.28 bits per heavy atom. The second kappa shape index (κ2) is 10.9.